The summed E-state index contributed by atoms with van der Waals surface area (Å²) < 4.78 is 0. The molecule has 0 saturated carbocycles. The van der Waals surface area contributed by atoms with Crippen LogP contribution >= 0.6 is 0 Å². The Morgan fingerprint density at radius 1 is 1.20 bits per heavy atom. The summed E-state index contributed by atoms with van der Waals surface area (Å²) >= 11 is 0. The predicted octanol–water partition coefficient (Wildman–Crippen LogP) is 5.36. The molecule has 0 aliphatic heterocycles. The van der Waals surface area contributed by atoms with E-state index in [4.69, 9.17) is 0 Å². The molecular weight excluding hydrogens is 180 g/mol. The summed E-state index contributed by atoms with van der Waals surface area (Å²) in [5, 5.41) is 0. The van der Waals surface area contributed by atoms with Gasteiger partial charge in [0.2, 0.25) is 0 Å². The molecule has 15 heavy (non-hydrogen) atoms. The molecule has 2 unspecified atom stereocenters. The van der Waals surface area contributed by atoms with Crippen molar-refractivity contribution in [2.45, 2.75) is 59.3 Å². The van der Waals surface area contributed by atoms with Gasteiger partial charge in [-0.15, -0.1) is 6.58 Å². The molecule has 0 aromatic carbocycles. The van der Waals surface area contributed by atoms with Crippen LogP contribution in [0.2, 0.25) is 0 Å². The fraction of sp³-hybridized carbons (Fsp3) is 0.733. The third-order valence-electron chi connectivity index (χ3n) is 3.20. The van der Waals surface area contributed by atoms with Crippen LogP contribution in [0.3, 0.4) is 0 Å². The van der Waals surface area contributed by atoms with Crippen LogP contribution < -0.4 is 0 Å². The van der Waals surface area contributed by atoms with Crippen LogP contribution in [0.25, 0.3) is 0 Å². The molecule has 0 aromatic heterocycles. The van der Waals surface area contributed by atoms with Gasteiger partial charge in [0.1, 0.15) is 0 Å². The van der Waals surface area contributed by atoms with Crippen LogP contribution in [0, 0.1) is 11.8 Å². The average Bonchev–Trinajstić information content (AvgIpc) is 2.17. The summed E-state index contributed by atoms with van der Waals surface area (Å²) in [5.74, 6) is 1.54. The lowest BCUT2D eigenvalue weighted by Crippen LogP contribution is -2.03. The maximum Gasteiger partial charge on any atom is -0.0235 e. The normalized spacial score (nSPS) is 14.6. The highest BCUT2D eigenvalue weighted by Gasteiger charge is 2.08. The molecular formula is C15H28. The summed E-state index contributed by atoms with van der Waals surface area (Å²) in [6.07, 6.45) is 9.91. The van der Waals surface area contributed by atoms with E-state index in [-0.39, 0.29) is 0 Å². The quantitative estimate of drug-likeness (QED) is 0.353. The van der Waals surface area contributed by atoms with E-state index in [2.05, 4.69) is 33.9 Å². The van der Waals surface area contributed by atoms with Gasteiger partial charge in [0, 0.05) is 0 Å². The van der Waals surface area contributed by atoms with E-state index in [1.54, 1.807) is 0 Å². The number of rotatable bonds is 9. The van der Waals surface area contributed by atoms with Gasteiger partial charge >= 0.3 is 0 Å². The summed E-state index contributed by atoms with van der Waals surface area (Å²) in [7, 11) is 0. The molecule has 0 heteroatoms. The van der Waals surface area contributed by atoms with E-state index < -0.39 is 0 Å². The maximum atomic E-state index is 4.02. The SMILES string of the molecule is C=CCCCCCC(C)CC(C)C(=C)C. The minimum Gasteiger partial charge on any atom is -0.103 e. The molecule has 0 N–H and O–H groups in total. The van der Waals surface area contributed by atoms with Crippen molar-refractivity contribution in [3.05, 3.63) is 24.8 Å². The molecule has 0 aromatic rings. The third kappa shape index (κ3) is 8.47. The highest BCUT2D eigenvalue weighted by Crippen LogP contribution is 2.22. The van der Waals surface area contributed by atoms with Gasteiger partial charge in [0.05, 0.1) is 0 Å². The number of hydrogen-bond acceptors (Lipinski definition) is 0. The Morgan fingerprint density at radius 2 is 1.87 bits per heavy atom. The zero-order valence-corrected chi connectivity index (χ0v) is 10.9. The summed E-state index contributed by atoms with van der Waals surface area (Å²) in [6, 6.07) is 0. The van der Waals surface area contributed by atoms with Gasteiger partial charge < -0.3 is 0 Å². The van der Waals surface area contributed by atoms with E-state index >= 15 is 0 Å². The summed E-state index contributed by atoms with van der Waals surface area (Å²) in [5.41, 5.74) is 1.33. The Labute approximate surface area is 96.5 Å². The van der Waals surface area contributed by atoms with Gasteiger partial charge in [0.25, 0.3) is 0 Å². The molecule has 0 fully saturated rings. The Hall–Kier alpha value is -0.520. The van der Waals surface area contributed by atoms with Gasteiger partial charge in [-0.1, -0.05) is 51.3 Å². The Kier molecular flexibility index (Phi) is 8.46. The summed E-state index contributed by atoms with van der Waals surface area (Å²) in [4.78, 5) is 0. The summed E-state index contributed by atoms with van der Waals surface area (Å²) in [6.45, 7) is 14.6. The van der Waals surface area contributed by atoms with Crippen molar-refractivity contribution in [3.8, 4) is 0 Å². The van der Waals surface area contributed by atoms with Crippen molar-refractivity contribution < 1.29 is 0 Å². The second-order valence-corrected chi connectivity index (χ2v) is 5.01. The first-order valence-electron chi connectivity index (χ1n) is 6.34. The van der Waals surface area contributed by atoms with Crippen molar-refractivity contribution >= 4 is 0 Å². The minimum absolute atomic E-state index is 0.688. The Morgan fingerprint density at radius 3 is 2.40 bits per heavy atom. The molecule has 0 aliphatic carbocycles. The van der Waals surface area contributed by atoms with Crippen LogP contribution in [0.1, 0.15) is 59.3 Å². The average molecular weight is 208 g/mol. The van der Waals surface area contributed by atoms with Crippen LogP contribution in [-0.2, 0) is 0 Å². The second kappa shape index (κ2) is 8.76. The highest BCUT2D eigenvalue weighted by atomic mass is 14.1. The van der Waals surface area contributed by atoms with E-state index in [0.29, 0.717) is 5.92 Å². The minimum atomic E-state index is 0.688. The predicted molar refractivity (Wildman–Crippen MR) is 71.0 cm³/mol. The fourth-order valence-corrected chi connectivity index (χ4v) is 1.88. The van der Waals surface area contributed by atoms with Crippen molar-refractivity contribution in [1.82, 2.24) is 0 Å². The molecule has 0 radical (unpaired) electrons. The van der Waals surface area contributed by atoms with Gasteiger partial charge in [-0.3, -0.25) is 0 Å². The smallest absolute Gasteiger partial charge is 0.0235 e. The highest BCUT2D eigenvalue weighted by molar-refractivity contribution is 4.94. The first-order valence-corrected chi connectivity index (χ1v) is 6.34. The Bertz CT molecular complexity index is 178. The zero-order valence-electron chi connectivity index (χ0n) is 10.9. The van der Waals surface area contributed by atoms with Gasteiger partial charge in [-0.05, 0) is 38.0 Å². The molecule has 0 bridgehead atoms. The Balaban J connectivity index is 3.44. The molecule has 0 aliphatic rings. The van der Waals surface area contributed by atoms with Gasteiger partial charge in [-0.25, -0.2) is 0 Å². The fourth-order valence-electron chi connectivity index (χ4n) is 1.88. The first kappa shape index (κ1) is 14.5. The van der Waals surface area contributed by atoms with E-state index in [1.165, 1.54) is 44.1 Å². The molecule has 0 heterocycles. The molecule has 0 rings (SSSR count). The number of unbranched alkanes of at least 4 members (excludes halogenated alkanes) is 3. The van der Waals surface area contributed by atoms with Gasteiger partial charge in [-0.2, -0.15) is 0 Å². The van der Waals surface area contributed by atoms with Crippen molar-refractivity contribution in [2.24, 2.45) is 11.8 Å². The van der Waals surface area contributed by atoms with Crippen molar-refractivity contribution in [3.63, 3.8) is 0 Å². The molecule has 0 nitrogen and oxygen atoms in total. The largest absolute Gasteiger partial charge is 0.103 e. The standard InChI is InChI=1S/C15H28/c1-6-7-8-9-10-11-14(4)12-15(5)13(2)3/h6,14-15H,1-2,7-12H2,3-5H3. The first-order chi connectivity index (χ1) is 7.07. The molecule has 0 amide bonds. The van der Waals surface area contributed by atoms with Crippen LogP contribution in [-0.4, -0.2) is 0 Å². The van der Waals surface area contributed by atoms with E-state index in [9.17, 15) is 0 Å². The maximum absolute atomic E-state index is 4.02. The van der Waals surface area contributed by atoms with E-state index in [0.717, 1.165) is 5.92 Å². The number of hydrogen-bond donors (Lipinski definition) is 0. The van der Waals surface area contributed by atoms with Crippen LogP contribution in [0.4, 0.5) is 0 Å². The van der Waals surface area contributed by atoms with Crippen molar-refractivity contribution in [2.75, 3.05) is 0 Å². The van der Waals surface area contributed by atoms with Crippen LogP contribution in [0.5, 0.6) is 0 Å². The number of allylic oxidation sites excluding steroid dienone is 2. The topological polar surface area (TPSA) is 0 Å². The van der Waals surface area contributed by atoms with Crippen LogP contribution in [0.15, 0.2) is 24.8 Å². The monoisotopic (exact) mass is 208 g/mol. The molecule has 0 saturated heterocycles. The second-order valence-electron chi connectivity index (χ2n) is 5.01. The van der Waals surface area contributed by atoms with Gasteiger partial charge in [0.15, 0.2) is 0 Å². The van der Waals surface area contributed by atoms with E-state index in [1.807, 2.05) is 6.08 Å². The molecule has 0 spiro atoms. The third-order valence-corrected chi connectivity index (χ3v) is 3.20. The van der Waals surface area contributed by atoms with Crippen molar-refractivity contribution in [1.29, 1.82) is 0 Å². The zero-order chi connectivity index (χ0) is 11.7. The molecule has 88 valence electrons. The lowest BCUT2D eigenvalue weighted by Gasteiger charge is -2.17. The lowest BCUT2D eigenvalue weighted by molar-refractivity contribution is 0.410. The molecule has 2 atom stereocenters. The lowest BCUT2D eigenvalue weighted by atomic mass is 9.89.